The van der Waals surface area contributed by atoms with Crippen molar-refractivity contribution < 1.29 is 23.1 Å². The first-order chi connectivity index (χ1) is 17.0. The molecular weight excluding hydrogens is 450 g/mol. The topological polar surface area (TPSA) is 58.6 Å². The Bertz CT molecular complexity index is 1110. The van der Waals surface area contributed by atoms with Crippen molar-refractivity contribution in [1.29, 1.82) is 0 Å². The van der Waals surface area contributed by atoms with E-state index in [0.717, 1.165) is 18.4 Å². The summed E-state index contributed by atoms with van der Waals surface area (Å²) in [5, 5.41) is 2.90. The van der Waals surface area contributed by atoms with Crippen LogP contribution in [0.4, 0.5) is 8.78 Å². The third-order valence-corrected chi connectivity index (χ3v) is 5.59. The van der Waals surface area contributed by atoms with Crippen LogP contribution in [0.25, 0.3) is 0 Å². The van der Waals surface area contributed by atoms with Crippen molar-refractivity contribution in [2.45, 2.75) is 38.8 Å². The second-order valence-electron chi connectivity index (χ2n) is 8.18. The summed E-state index contributed by atoms with van der Waals surface area (Å²) in [6.45, 7) is 1.85. The number of nitrogens with one attached hydrogen (secondary N) is 1. The average molecular weight is 481 g/mol. The van der Waals surface area contributed by atoms with Crippen LogP contribution in [0.3, 0.4) is 0 Å². The van der Waals surface area contributed by atoms with Crippen molar-refractivity contribution in [3.05, 3.63) is 102 Å². The summed E-state index contributed by atoms with van der Waals surface area (Å²) in [6.07, 6.45) is 1.93. The van der Waals surface area contributed by atoms with Gasteiger partial charge in [0.2, 0.25) is 5.91 Å². The Morgan fingerprint density at radius 2 is 1.57 bits per heavy atom. The zero-order valence-corrected chi connectivity index (χ0v) is 19.8. The van der Waals surface area contributed by atoms with Crippen molar-refractivity contribution in [1.82, 2.24) is 10.2 Å². The van der Waals surface area contributed by atoms with Crippen LogP contribution in [-0.4, -0.2) is 35.9 Å². The Morgan fingerprint density at radius 1 is 0.914 bits per heavy atom. The molecule has 0 fully saturated rings. The van der Waals surface area contributed by atoms with Gasteiger partial charge in [-0.2, -0.15) is 0 Å². The molecule has 7 heteroatoms. The lowest BCUT2D eigenvalue weighted by Gasteiger charge is -2.31. The first kappa shape index (κ1) is 25.9. The van der Waals surface area contributed by atoms with Crippen LogP contribution >= 0.6 is 0 Å². The van der Waals surface area contributed by atoms with Crippen LogP contribution < -0.4 is 10.1 Å². The molecule has 1 N–H and O–H groups in total. The number of rotatable bonds is 12. The Kier molecular flexibility index (Phi) is 9.78. The maximum atomic E-state index is 14.5. The molecule has 0 aromatic heterocycles. The van der Waals surface area contributed by atoms with E-state index in [1.807, 2.05) is 37.3 Å². The molecule has 184 valence electrons. The second kappa shape index (κ2) is 13.2. The molecule has 3 aromatic carbocycles. The van der Waals surface area contributed by atoms with Crippen LogP contribution in [0, 0.1) is 11.6 Å². The number of benzene rings is 3. The third-order valence-electron chi connectivity index (χ3n) is 5.59. The van der Waals surface area contributed by atoms with Gasteiger partial charge in [-0.05, 0) is 30.2 Å². The highest BCUT2D eigenvalue weighted by molar-refractivity contribution is 5.88. The number of carbonyl (C=O) groups is 2. The van der Waals surface area contributed by atoms with Gasteiger partial charge in [-0.15, -0.1) is 0 Å². The van der Waals surface area contributed by atoms with Gasteiger partial charge < -0.3 is 15.0 Å². The monoisotopic (exact) mass is 480 g/mol. The van der Waals surface area contributed by atoms with Gasteiger partial charge in [-0.25, -0.2) is 8.78 Å². The van der Waals surface area contributed by atoms with Crippen LogP contribution in [0.5, 0.6) is 5.75 Å². The normalized spacial score (nSPS) is 11.5. The van der Waals surface area contributed by atoms with Crippen LogP contribution in [-0.2, 0) is 22.6 Å². The quantitative estimate of drug-likeness (QED) is 0.375. The molecule has 35 heavy (non-hydrogen) atoms. The molecule has 0 spiro atoms. The lowest BCUT2D eigenvalue weighted by atomic mass is 10.0. The number of nitrogens with zero attached hydrogens (tertiary/aromatic N) is 1. The lowest BCUT2D eigenvalue weighted by molar-refractivity contribution is -0.142. The lowest BCUT2D eigenvalue weighted by Crippen LogP contribution is -2.52. The van der Waals surface area contributed by atoms with Gasteiger partial charge in [-0.1, -0.05) is 74.0 Å². The molecule has 0 bridgehead atoms. The smallest absolute Gasteiger partial charge is 0.261 e. The Balaban J connectivity index is 1.90. The molecule has 5 nitrogen and oxygen atoms in total. The third kappa shape index (κ3) is 7.64. The highest BCUT2D eigenvalue weighted by Gasteiger charge is 2.31. The molecule has 0 saturated heterocycles. The molecule has 0 aliphatic heterocycles. The highest BCUT2D eigenvalue weighted by Crippen LogP contribution is 2.19. The number of para-hydroxylation sites is 1. The number of halogens is 2. The zero-order valence-electron chi connectivity index (χ0n) is 19.8. The number of carbonyl (C=O) groups excluding carboxylic acids is 2. The van der Waals surface area contributed by atoms with E-state index in [1.54, 1.807) is 24.3 Å². The number of hydrogen-bond donors (Lipinski definition) is 1. The average Bonchev–Trinajstić information content (AvgIpc) is 2.87. The summed E-state index contributed by atoms with van der Waals surface area (Å²) in [5.41, 5.74) is 1.12. The van der Waals surface area contributed by atoms with Gasteiger partial charge >= 0.3 is 0 Å². The molecular formula is C28H30F2N2O3. The summed E-state index contributed by atoms with van der Waals surface area (Å²) >= 11 is 0. The molecule has 3 aromatic rings. The highest BCUT2D eigenvalue weighted by atomic mass is 19.1. The molecule has 0 saturated carbocycles. The van der Waals surface area contributed by atoms with E-state index < -0.39 is 30.2 Å². The minimum absolute atomic E-state index is 0.0706. The maximum absolute atomic E-state index is 14.5. The van der Waals surface area contributed by atoms with Gasteiger partial charge in [-0.3, -0.25) is 9.59 Å². The van der Waals surface area contributed by atoms with E-state index >= 15 is 0 Å². The first-order valence-electron chi connectivity index (χ1n) is 11.7. The van der Waals surface area contributed by atoms with Crippen molar-refractivity contribution in [2.24, 2.45) is 0 Å². The van der Waals surface area contributed by atoms with E-state index in [0.29, 0.717) is 6.54 Å². The number of amides is 2. The molecule has 0 heterocycles. The van der Waals surface area contributed by atoms with Crippen molar-refractivity contribution in [2.75, 3.05) is 13.2 Å². The summed E-state index contributed by atoms with van der Waals surface area (Å²) < 4.78 is 34.0. The van der Waals surface area contributed by atoms with Crippen molar-refractivity contribution in [3.63, 3.8) is 0 Å². The molecule has 3 rings (SSSR count). The first-order valence-corrected chi connectivity index (χ1v) is 11.7. The minimum atomic E-state index is -0.911. The molecule has 1 unspecified atom stereocenters. The number of ether oxygens (including phenoxy) is 1. The van der Waals surface area contributed by atoms with Gasteiger partial charge in [0.15, 0.2) is 18.2 Å². The standard InChI is InChI=1S/C28H30F2N2O3/c1-2-3-17-31-28(34)25(18-21-11-5-4-6-12-21)32(19-22-13-7-8-14-23(22)29)27(33)20-35-26-16-10-9-15-24(26)30/h4-16,25H,2-3,17-20H2,1H3,(H,31,34). The minimum Gasteiger partial charge on any atom is -0.481 e. The van der Waals surface area contributed by atoms with Crippen LogP contribution in [0.15, 0.2) is 78.9 Å². The largest absolute Gasteiger partial charge is 0.481 e. The Morgan fingerprint density at radius 3 is 2.26 bits per heavy atom. The maximum Gasteiger partial charge on any atom is 0.261 e. The van der Waals surface area contributed by atoms with Gasteiger partial charge in [0, 0.05) is 25.1 Å². The Hall–Kier alpha value is -3.74. The molecule has 0 aliphatic carbocycles. The molecule has 1 atom stereocenters. The molecule has 2 amide bonds. The summed E-state index contributed by atoms with van der Waals surface area (Å²) in [5.74, 6) is -2.04. The number of unbranched alkanes of at least 4 members (excludes halogenated alkanes) is 1. The predicted molar refractivity (Wildman–Crippen MR) is 131 cm³/mol. The van der Waals surface area contributed by atoms with E-state index in [-0.39, 0.29) is 30.2 Å². The van der Waals surface area contributed by atoms with Gasteiger partial charge in [0.1, 0.15) is 11.9 Å². The van der Waals surface area contributed by atoms with Crippen LogP contribution in [0.1, 0.15) is 30.9 Å². The summed E-state index contributed by atoms with van der Waals surface area (Å²) in [7, 11) is 0. The van der Waals surface area contributed by atoms with Crippen molar-refractivity contribution >= 4 is 11.8 Å². The summed E-state index contributed by atoms with van der Waals surface area (Å²) in [6, 6.07) is 20.3. The fourth-order valence-corrected chi connectivity index (χ4v) is 3.65. The van der Waals surface area contributed by atoms with Crippen LogP contribution in [0.2, 0.25) is 0 Å². The van der Waals surface area contributed by atoms with Crippen molar-refractivity contribution in [3.8, 4) is 5.75 Å². The Labute approximate surface area is 204 Å². The van der Waals surface area contributed by atoms with Gasteiger partial charge in [0.25, 0.3) is 5.91 Å². The van der Waals surface area contributed by atoms with Gasteiger partial charge in [0.05, 0.1) is 0 Å². The molecule has 0 radical (unpaired) electrons. The van der Waals surface area contributed by atoms with E-state index in [9.17, 15) is 18.4 Å². The molecule has 0 aliphatic rings. The van der Waals surface area contributed by atoms with E-state index in [4.69, 9.17) is 4.74 Å². The van der Waals surface area contributed by atoms with E-state index in [2.05, 4.69) is 5.32 Å². The zero-order chi connectivity index (χ0) is 25.0. The number of hydrogen-bond acceptors (Lipinski definition) is 3. The second-order valence-corrected chi connectivity index (χ2v) is 8.18. The predicted octanol–water partition coefficient (Wildman–Crippen LogP) is 4.90. The fourth-order valence-electron chi connectivity index (χ4n) is 3.65. The summed E-state index contributed by atoms with van der Waals surface area (Å²) in [4.78, 5) is 28.0. The fraction of sp³-hybridized carbons (Fsp3) is 0.286. The van der Waals surface area contributed by atoms with E-state index in [1.165, 1.54) is 29.2 Å². The SMILES string of the molecule is CCCCNC(=O)C(Cc1ccccc1)N(Cc1ccccc1F)C(=O)COc1ccccc1F.